The fourth-order valence-electron chi connectivity index (χ4n) is 3.16. The molecule has 1 aromatic heterocycles. The van der Waals surface area contributed by atoms with Gasteiger partial charge in [-0.05, 0) is 30.4 Å². The van der Waals surface area contributed by atoms with E-state index in [1.807, 2.05) is 30.3 Å². The van der Waals surface area contributed by atoms with E-state index in [-0.39, 0.29) is 25.5 Å². The second kappa shape index (κ2) is 11.2. The molecule has 0 fully saturated rings. The molecule has 0 N–H and O–H groups in total. The van der Waals surface area contributed by atoms with Gasteiger partial charge in [-0.1, -0.05) is 30.4 Å². The molecule has 3 aromatic rings. The van der Waals surface area contributed by atoms with Gasteiger partial charge in [0.2, 0.25) is 0 Å². The van der Waals surface area contributed by atoms with Gasteiger partial charge in [0.15, 0.2) is 16.3 Å². The summed E-state index contributed by atoms with van der Waals surface area (Å²) in [6.07, 6.45) is 0.178. The standard InChI is InChI=1S/C23H26N2O5S2/c1-5-30-22(27)14-25-17-12-18(28-3)19(29-4)13-20(17)32-23(25)24-21(26)11-15-7-9-16(10-8-15)31-6-2/h7-10,12-13H,5-6,11,14H2,1-4H3. The summed E-state index contributed by atoms with van der Waals surface area (Å²) >= 11 is 3.06. The molecule has 3 rings (SSSR count). The Morgan fingerprint density at radius 2 is 1.75 bits per heavy atom. The van der Waals surface area contributed by atoms with Crippen LogP contribution in [0.3, 0.4) is 0 Å². The predicted octanol–water partition coefficient (Wildman–Crippen LogP) is 4.07. The van der Waals surface area contributed by atoms with Gasteiger partial charge in [0, 0.05) is 17.0 Å². The second-order valence-electron chi connectivity index (χ2n) is 6.71. The monoisotopic (exact) mass is 474 g/mol. The van der Waals surface area contributed by atoms with Gasteiger partial charge in [-0.25, -0.2) is 0 Å². The first kappa shape index (κ1) is 23.9. The number of hydrogen-bond acceptors (Lipinski definition) is 7. The Bertz CT molecular complexity index is 1170. The number of esters is 1. The molecule has 1 heterocycles. The van der Waals surface area contributed by atoms with Crippen LogP contribution in [0.15, 0.2) is 46.3 Å². The number of thioether (sulfide) groups is 1. The molecule has 0 aliphatic rings. The minimum absolute atomic E-state index is 0.0572. The second-order valence-corrected chi connectivity index (χ2v) is 9.06. The van der Waals surface area contributed by atoms with Gasteiger partial charge in [0.25, 0.3) is 5.91 Å². The Morgan fingerprint density at radius 3 is 2.38 bits per heavy atom. The van der Waals surface area contributed by atoms with Crippen LogP contribution in [-0.4, -0.2) is 43.0 Å². The zero-order chi connectivity index (χ0) is 23.1. The molecule has 170 valence electrons. The Labute approximate surface area is 195 Å². The first-order valence-corrected chi connectivity index (χ1v) is 12.0. The molecule has 2 aromatic carbocycles. The Morgan fingerprint density at radius 1 is 1.06 bits per heavy atom. The first-order valence-electron chi connectivity index (χ1n) is 10.2. The Kier molecular flexibility index (Phi) is 8.35. The quantitative estimate of drug-likeness (QED) is 0.344. The van der Waals surface area contributed by atoms with Gasteiger partial charge in [-0.15, -0.1) is 11.8 Å². The van der Waals surface area contributed by atoms with Crippen molar-refractivity contribution in [2.45, 2.75) is 31.7 Å². The van der Waals surface area contributed by atoms with E-state index in [1.165, 1.54) is 16.2 Å². The number of carbonyl (C=O) groups excluding carboxylic acids is 2. The maximum atomic E-state index is 12.7. The molecule has 9 heteroatoms. The van der Waals surface area contributed by atoms with E-state index >= 15 is 0 Å². The molecule has 0 atom stereocenters. The van der Waals surface area contributed by atoms with Gasteiger partial charge in [-0.3, -0.25) is 9.59 Å². The summed E-state index contributed by atoms with van der Waals surface area (Å²) in [4.78, 5) is 30.9. The van der Waals surface area contributed by atoms with E-state index in [0.717, 1.165) is 16.0 Å². The number of nitrogens with zero attached hydrogens (tertiary/aromatic N) is 2. The van der Waals surface area contributed by atoms with Gasteiger partial charge < -0.3 is 18.8 Å². The van der Waals surface area contributed by atoms with Crippen LogP contribution in [0.1, 0.15) is 19.4 Å². The number of ether oxygens (including phenoxy) is 3. The topological polar surface area (TPSA) is 79.1 Å². The number of hydrogen-bond donors (Lipinski definition) is 0. The van der Waals surface area contributed by atoms with E-state index in [0.29, 0.717) is 21.8 Å². The molecule has 7 nitrogen and oxygen atoms in total. The van der Waals surface area contributed by atoms with E-state index in [4.69, 9.17) is 14.2 Å². The predicted molar refractivity (Wildman–Crippen MR) is 127 cm³/mol. The Hall–Kier alpha value is -2.78. The summed E-state index contributed by atoms with van der Waals surface area (Å²) in [5.74, 6) is 1.39. The minimum Gasteiger partial charge on any atom is -0.493 e. The highest BCUT2D eigenvalue weighted by Crippen LogP contribution is 2.33. The number of rotatable bonds is 9. The van der Waals surface area contributed by atoms with Crippen molar-refractivity contribution in [2.24, 2.45) is 4.99 Å². The molecular weight excluding hydrogens is 448 g/mol. The van der Waals surface area contributed by atoms with Crippen LogP contribution < -0.4 is 14.3 Å². The third kappa shape index (κ3) is 5.72. The van der Waals surface area contributed by atoms with Crippen molar-refractivity contribution < 1.29 is 23.8 Å². The maximum absolute atomic E-state index is 12.7. The average Bonchev–Trinajstić information content (AvgIpc) is 3.09. The molecule has 1 amide bonds. The number of benzene rings is 2. The number of methoxy groups -OCH3 is 2. The van der Waals surface area contributed by atoms with Crippen LogP contribution in [0, 0.1) is 0 Å². The smallest absolute Gasteiger partial charge is 0.326 e. The highest BCUT2D eigenvalue weighted by molar-refractivity contribution is 7.99. The van der Waals surface area contributed by atoms with Crippen molar-refractivity contribution in [1.29, 1.82) is 0 Å². The first-order chi connectivity index (χ1) is 15.5. The summed E-state index contributed by atoms with van der Waals surface area (Å²) in [7, 11) is 3.11. The fourth-order valence-corrected chi connectivity index (χ4v) is 4.88. The fraction of sp³-hybridized carbons (Fsp3) is 0.348. The third-order valence-electron chi connectivity index (χ3n) is 4.59. The third-order valence-corrected chi connectivity index (χ3v) is 6.53. The SMILES string of the molecule is CCOC(=O)Cn1c(=NC(=O)Cc2ccc(SCC)cc2)sc2cc(OC)c(OC)cc21. The van der Waals surface area contributed by atoms with Crippen LogP contribution in [0.25, 0.3) is 10.2 Å². The summed E-state index contributed by atoms with van der Waals surface area (Å²) in [5.41, 5.74) is 1.61. The number of thiazole rings is 1. The number of aromatic nitrogens is 1. The van der Waals surface area contributed by atoms with E-state index in [9.17, 15) is 9.59 Å². The molecule has 0 unspecified atom stereocenters. The lowest BCUT2D eigenvalue weighted by molar-refractivity contribution is -0.143. The molecule has 0 aliphatic heterocycles. The van der Waals surface area contributed by atoms with E-state index in [1.54, 1.807) is 43.5 Å². The molecule has 0 aliphatic carbocycles. The van der Waals surface area contributed by atoms with E-state index in [2.05, 4.69) is 11.9 Å². The lowest BCUT2D eigenvalue weighted by atomic mass is 10.1. The average molecular weight is 475 g/mol. The molecule has 0 saturated carbocycles. The van der Waals surface area contributed by atoms with Gasteiger partial charge in [-0.2, -0.15) is 4.99 Å². The van der Waals surface area contributed by atoms with Gasteiger partial charge in [0.05, 0.1) is 37.5 Å². The minimum atomic E-state index is -0.403. The van der Waals surface area contributed by atoms with Crippen molar-refractivity contribution in [2.75, 3.05) is 26.6 Å². The summed E-state index contributed by atoms with van der Waals surface area (Å²) in [6.45, 7) is 4.07. The summed E-state index contributed by atoms with van der Waals surface area (Å²) in [6, 6.07) is 11.5. The largest absolute Gasteiger partial charge is 0.493 e. The van der Waals surface area contributed by atoms with Gasteiger partial charge in [0.1, 0.15) is 6.54 Å². The number of carbonyl (C=O) groups is 2. The summed E-state index contributed by atoms with van der Waals surface area (Å²) < 4.78 is 18.4. The molecule has 0 radical (unpaired) electrons. The highest BCUT2D eigenvalue weighted by Gasteiger charge is 2.16. The maximum Gasteiger partial charge on any atom is 0.326 e. The molecule has 0 bridgehead atoms. The Balaban J connectivity index is 1.99. The highest BCUT2D eigenvalue weighted by atomic mass is 32.2. The number of amides is 1. The van der Waals surface area contributed by atoms with E-state index < -0.39 is 5.97 Å². The van der Waals surface area contributed by atoms with Crippen LogP contribution in [0.5, 0.6) is 11.5 Å². The van der Waals surface area contributed by atoms with Crippen molar-refractivity contribution in [3.63, 3.8) is 0 Å². The molecule has 0 saturated heterocycles. The molecule has 32 heavy (non-hydrogen) atoms. The van der Waals surface area contributed by atoms with Crippen LogP contribution in [0.2, 0.25) is 0 Å². The van der Waals surface area contributed by atoms with Gasteiger partial charge >= 0.3 is 5.97 Å². The number of fused-ring (bicyclic) bond motifs is 1. The van der Waals surface area contributed by atoms with Crippen molar-refractivity contribution in [1.82, 2.24) is 4.57 Å². The van der Waals surface area contributed by atoms with Crippen LogP contribution in [-0.2, 0) is 27.3 Å². The molecule has 0 spiro atoms. The zero-order valence-corrected chi connectivity index (χ0v) is 20.2. The lowest BCUT2D eigenvalue weighted by Crippen LogP contribution is -2.23. The normalized spacial score (nSPS) is 11.6. The van der Waals surface area contributed by atoms with Crippen molar-refractivity contribution >= 4 is 45.2 Å². The van der Waals surface area contributed by atoms with Crippen molar-refractivity contribution in [3.8, 4) is 11.5 Å². The zero-order valence-electron chi connectivity index (χ0n) is 18.5. The summed E-state index contributed by atoms with van der Waals surface area (Å²) in [5, 5.41) is 0. The van der Waals surface area contributed by atoms with Crippen molar-refractivity contribution in [3.05, 3.63) is 46.8 Å². The lowest BCUT2D eigenvalue weighted by Gasteiger charge is -2.09. The molecular formula is C23H26N2O5S2. The van der Waals surface area contributed by atoms with Crippen LogP contribution in [0.4, 0.5) is 0 Å². The van der Waals surface area contributed by atoms with Crippen LogP contribution >= 0.6 is 23.1 Å².